The fourth-order valence-electron chi connectivity index (χ4n) is 3.82. The normalized spacial score (nSPS) is 12.9. The topological polar surface area (TPSA) is 41.6 Å². The predicted molar refractivity (Wildman–Crippen MR) is 128 cm³/mol. The maximum Gasteiger partial charge on any atom is 0.251 e. The van der Waals surface area contributed by atoms with Gasteiger partial charge in [-0.1, -0.05) is 6.92 Å². The third-order valence-corrected chi connectivity index (χ3v) is 6.67. The molecule has 0 aliphatic carbocycles. The van der Waals surface area contributed by atoms with Crippen LogP contribution in [0.3, 0.4) is 0 Å². The van der Waals surface area contributed by atoms with E-state index in [0.29, 0.717) is 43.1 Å². The predicted octanol–water partition coefficient (Wildman–Crippen LogP) is 6.21. The number of hydrogen-bond acceptors (Lipinski definition) is 4. The SMILES string of the molecule is CCCOc1cc(F)c(CN2CCSc3cc(C(=O)NCc4c(F)cc(F)cc4F)ccc32)c(F)c1. The number of benzene rings is 3. The smallest absolute Gasteiger partial charge is 0.251 e. The lowest BCUT2D eigenvalue weighted by atomic mass is 10.1. The molecule has 36 heavy (non-hydrogen) atoms. The first-order valence-corrected chi connectivity index (χ1v) is 12.3. The van der Waals surface area contributed by atoms with Gasteiger partial charge < -0.3 is 15.0 Å². The number of anilines is 1. The molecule has 0 radical (unpaired) electrons. The van der Waals surface area contributed by atoms with Crippen LogP contribution in [0.25, 0.3) is 0 Å². The van der Waals surface area contributed by atoms with Crippen molar-refractivity contribution < 1.29 is 31.5 Å². The molecule has 190 valence electrons. The molecule has 3 aromatic rings. The van der Waals surface area contributed by atoms with Crippen LogP contribution in [0.4, 0.5) is 27.6 Å². The van der Waals surface area contributed by atoms with Crippen molar-refractivity contribution in [2.24, 2.45) is 0 Å². The van der Waals surface area contributed by atoms with Gasteiger partial charge in [0.25, 0.3) is 5.91 Å². The average molecular weight is 523 g/mol. The van der Waals surface area contributed by atoms with Gasteiger partial charge in [-0.15, -0.1) is 11.8 Å². The number of halogens is 5. The summed E-state index contributed by atoms with van der Waals surface area (Å²) in [6.45, 7) is 2.34. The van der Waals surface area contributed by atoms with Gasteiger partial charge in [-0.25, -0.2) is 22.0 Å². The third-order valence-electron chi connectivity index (χ3n) is 5.65. The summed E-state index contributed by atoms with van der Waals surface area (Å²) in [4.78, 5) is 15.2. The molecule has 4 rings (SSSR count). The van der Waals surface area contributed by atoms with Gasteiger partial charge in [0.05, 0.1) is 12.3 Å². The Morgan fingerprint density at radius 3 is 2.31 bits per heavy atom. The van der Waals surface area contributed by atoms with E-state index in [1.165, 1.54) is 30.0 Å². The van der Waals surface area contributed by atoms with Crippen molar-refractivity contribution in [2.75, 3.05) is 23.8 Å². The van der Waals surface area contributed by atoms with Crippen molar-refractivity contribution in [3.05, 3.63) is 88.2 Å². The lowest BCUT2D eigenvalue weighted by molar-refractivity contribution is 0.0950. The number of amides is 1. The number of nitrogens with zero attached hydrogens (tertiary/aromatic N) is 1. The Labute approximate surface area is 209 Å². The highest BCUT2D eigenvalue weighted by molar-refractivity contribution is 7.99. The largest absolute Gasteiger partial charge is 0.493 e. The fraction of sp³-hybridized carbons (Fsp3) is 0.269. The zero-order valence-corrected chi connectivity index (χ0v) is 20.2. The van der Waals surface area contributed by atoms with Crippen LogP contribution in [0, 0.1) is 29.1 Å². The molecule has 1 N–H and O–H groups in total. The second-order valence-electron chi connectivity index (χ2n) is 8.20. The number of fused-ring (bicyclic) bond motifs is 1. The van der Waals surface area contributed by atoms with Crippen molar-refractivity contribution in [2.45, 2.75) is 31.3 Å². The number of rotatable bonds is 8. The van der Waals surface area contributed by atoms with Crippen molar-refractivity contribution >= 4 is 23.4 Å². The molecule has 1 aliphatic rings. The van der Waals surface area contributed by atoms with E-state index >= 15 is 0 Å². The van der Waals surface area contributed by atoms with Crippen LogP contribution >= 0.6 is 11.8 Å². The number of carbonyl (C=O) groups is 1. The molecule has 1 heterocycles. The van der Waals surface area contributed by atoms with E-state index in [0.717, 1.165) is 4.90 Å². The van der Waals surface area contributed by atoms with Crippen molar-refractivity contribution in [1.82, 2.24) is 5.32 Å². The zero-order chi connectivity index (χ0) is 25.8. The Morgan fingerprint density at radius 2 is 1.64 bits per heavy atom. The number of thioether (sulfide) groups is 1. The second-order valence-corrected chi connectivity index (χ2v) is 9.33. The Kier molecular flexibility index (Phi) is 8.03. The lowest BCUT2D eigenvalue weighted by Gasteiger charge is -2.31. The molecule has 0 atom stereocenters. The Morgan fingerprint density at radius 1 is 0.972 bits per heavy atom. The maximum absolute atomic E-state index is 14.7. The molecule has 1 aliphatic heterocycles. The highest BCUT2D eigenvalue weighted by Crippen LogP contribution is 2.37. The minimum atomic E-state index is -1.09. The maximum atomic E-state index is 14.7. The minimum Gasteiger partial charge on any atom is -0.493 e. The molecule has 0 unspecified atom stereocenters. The van der Waals surface area contributed by atoms with Crippen LogP contribution in [-0.2, 0) is 13.1 Å². The van der Waals surface area contributed by atoms with Crippen molar-refractivity contribution in [3.63, 3.8) is 0 Å². The molecule has 1 amide bonds. The average Bonchev–Trinajstić information content (AvgIpc) is 2.83. The van der Waals surface area contributed by atoms with Gasteiger partial charge in [-0.3, -0.25) is 4.79 Å². The Hall–Kier alpha value is -3.27. The van der Waals surface area contributed by atoms with Gasteiger partial charge in [0.2, 0.25) is 0 Å². The molecule has 0 spiro atoms. The van der Waals surface area contributed by atoms with Crippen molar-refractivity contribution in [3.8, 4) is 5.75 Å². The standard InChI is InChI=1S/C26H23F5N2O2S/c1-2-6-35-17-11-22(30)19(23(31)12-17)14-33-5-7-36-25-8-15(3-4-24(25)33)26(34)32-13-18-20(28)9-16(27)10-21(18)29/h3-4,8-12H,2,5-7,13-14H2,1H3,(H,32,34). The monoisotopic (exact) mass is 522 g/mol. The molecule has 3 aromatic carbocycles. The van der Waals surface area contributed by atoms with E-state index < -0.39 is 47.1 Å². The van der Waals surface area contributed by atoms with Crippen LogP contribution in [0.2, 0.25) is 0 Å². The van der Waals surface area contributed by atoms with Crippen LogP contribution in [0.1, 0.15) is 34.8 Å². The van der Waals surface area contributed by atoms with Crippen LogP contribution < -0.4 is 15.0 Å². The summed E-state index contributed by atoms with van der Waals surface area (Å²) in [6.07, 6.45) is 0.716. The zero-order valence-electron chi connectivity index (χ0n) is 19.3. The number of carbonyl (C=O) groups excluding carboxylic acids is 1. The van der Waals surface area contributed by atoms with E-state index in [4.69, 9.17) is 4.74 Å². The van der Waals surface area contributed by atoms with Crippen molar-refractivity contribution in [1.29, 1.82) is 0 Å². The summed E-state index contributed by atoms with van der Waals surface area (Å²) < 4.78 is 75.4. The van der Waals surface area contributed by atoms with E-state index in [1.54, 1.807) is 12.1 Å². The molecule has 0 saturated carbocycles. The highest BCUT2D eigenvalue weighted by Gasteiger charge is 2.23. The van der Waals surface area contributed by atoms with Gasteiger partial charge in [-0.05, 0) is 24.6 Å². The Balaban J connectivity index is 1.48. The fourth-order valence-corrected chi connectivity index (χ4v) is 4.91. The molecular formula is C26H23F5N2O2S. The second kappa shape index (κ2) is 11.2. The molecular weight excluding hydrogens is 499 g/mol. The van der Waals surface area contributed by atoms with E-state index in [-0.39, 0.29) is 23.4 Å². The van der Waals surface area contributed by atoms with Gasteiger partial charge in [-0.2, -0.15) is 0 Å². The van der Waals surface area contributed by atoms with E-state index in [9.17, 15) is 26.7 Å². The molecule has 10 heteroatoms. The summed E-state index contributed by atoms with van der Waals surface area (Å²) in [7, 11) is 0. The van der Waals surface area contributed by atoms with Gasteiger partial charge >= 0.3 is 0 Å². The summed E-state index contributed by atoms with van der Waals surface area (Å²) in [5.41, 5.74) is 0.435. The van der Waals surface area contributed by atoms with Gasteiger partial charge in [0.15, 0.2) is 0 Å². The quantitative estimate of drug-likeness (QED) is 0.357. The Bertz CT molecular complexity index is 1240. The number of ether oxygens (including phenoxy) is 1. The van der Waals surface area contributed by atoms with Gasteiger partial charge in [0.1, 0.15) is 34.8 Å². The van der Waals surface area contributed by atoms with Gasteiger partial charge in [0, 0.05) is 71.2 Å². The van der Waals surface area contributed by atoms with E-state index in [1.807, 2.05) is 11.8 Å². The van der Waals surface area contributed by atoms with Crippen LogP contribution in [0.5, 0.6) is 5.75 Å². The number of hydrogen-bond donors (Lipinski definition) is 1. The molecule has 4 nitrogen and oxygen atoms in total. The lowest BCUT2D eigenvalue weighted by Crippen LogP contribution is -2.30. The van der Waals surface area contributed by atoms with Crippen LogP contribution in [-0.4, -0.2) is 24.8 Å². The molecule has 0 bridgehead atoms. The first kappa shape index (κ1) is 25.8. The summed E-state index contributed by atoms with van der Waals surface area (Å²) in [5, 5.41) is 2.43. The summed E-state index contributed by atoms with van der Waals surface area (Å²) >= 11 is 1.48. The molecule has 0 aromatic heterocycles. The van der Waals surface area contributed by atoms with E-state index in [2.05, 4.69) is 5.32 Å². The highest BCUT2D eigenvalue weighted by atomic mass is 32.2. The first-order valence-electron chi connectivity index (χ1n) is 11.3. The molecule has 0 fully saturated rings. The third kappa shape index (κ3) is 5.75. The number of nitrogens with one attached hydrogen (secondary N) is 1. The summed E-state index contributed by atoms with van der Waals surface area (Å²) in [5.74, 6) is -4.42. The van der Waals surface area contributed by atoms with Crippen LogP contribution in [0.15, 0.2) is 47.4 Å². The molecule has 0 saturated heterocycles. The summed E-state index contributed by atoms with van der Waals surface area (Å²) in [6, 6.07) is 8.26. The first-order chi connectivity index (χ1) is 17.3. The minimum absolute atomic E-state index is 0.00600.